The van der Waals surface area contributed by atoms with E-state index in [-0.39, 0.29) is 5.91 Å². The van der Waals surface area contributed by atoms with Crippen LogP contribution in [0, 0.1) is 6.92 Å². The maximum absolute atomic E-state index is 13.6. The summed E-state index contributed by atoms with van der Waals surface area (Å²) in [5.41, 5.74) is 5.82. The van der Waals surface area contributed by atoms with Crippen LogP contribution in [0.1, 0.15) is 15.9 Å². The first-order chi connectivity index (χ1) is 15.2. The number of aryl methyl sites for hydroxylation is 1. The monoisotopic (exact) mass is 408 g/mol. The van der Waals surface area contributed by atoms with E-state index in [1.807, 2.05) is 47.4 Å². The number of piperazine rings is 1. The SMILES string of the molecule is Cc1ccccc1N1CCN(C(=O)c2cc(-c3ccncc3)nc3ccccc23)CC1. The van der Waals surface area contributed by atoms with Crippen LogP contribution in [0.15, 0.2) is 79.1 Å². The molecule has 4 aromatic rings. The van der Waals surface area contributed by atoms with Crippen molar-refractivity contribution in [1.82, 2.24) is 14.9 Å². The topological polar surface area (TPSA) is 49.3 Å². The lowest BCUT2D eigenvalue weighted by atomic mass is 10.0. The van der Waals surface area contributed by atoms with E-state index in [0.717, 1.165) is 35.2 Å². The number of para-hydroxylation sites is 2. The largest absolute Gasteiger partial charge is 0.368 e. The number of carbonyl (C=O) groups excluding carboxylic acids is 1. The molecule has 1 saturated heterocycles. The summed E-state index contributed by atoms with van der Waals surface area (Å²) < 4.78 is 0. The van der Waals surface area contributed by atoms with Crippen molar-refractivity contribution in [2.45, 2.75) is 6.92 Å². The Kier molecular flexibility index (Phi) is 5.08. The van der Waals surface area contributed by atoms with Crippen molar-refractivity contribution >= 4 is 22.5 Å². The van der Waals surface area contributed by atoms with Gasteiger partial charge < -0.3 is 9.80 Å². The zero-order valence-electron chi connectivity index (χ0n) is 17.5. The molecule has 31 heavy (non-hydrogen) atoms. The molecule has 5 heteroatoms. The van der Waals surface area contributed by atoms with E-state index in [4.69, 9.17) is 4.98 Å². The van der Waals surface area contributed by atoms with Gasteiger partial charge in [-0.15, -0.1) is 0 Å². The second-order valence-electron chi connectivity index (χ2n) is 7.87. The number of benzene rings is 2. The summed E-state index contributed by atoms with van der Waals surface area (Å²) in [6.07, 6.45) is 3.50. The summed E-state index contributed by atoms with van der Waals surface area (Å²) in [6, 6.07) is 22.1. The molecule has 0 saturated carbocycles. The molecular formula is C26H24N4O. The lowest BCUT2D eigenvalue weighted by molar-refractivity contribution is 0.0748. The number of fused-ring (bicyclic) bond motifs is 1. The Labute approximate surface area is 182 Å². The third kappa shape index (κ3) is 3.75. The molecule has 0 atom stereocenters. The molecule has 0 spiro atoms. The molecule has 1 fully saturated rings. The van der Waals surface area contributed by atoms with Gasteiger partial charge in [-0.25, -0.2) is 4.98 Å². The van der Waals surface area contributed by atoms with Gasteiger partial charge in [-0.2, -0.15) is 0 Å². The number of nitrogens with zero attached hydrogens (tertiary/aromatic N) is 4. The fourth-order valence-corrected chi connectivity index (χ4v) is 4.26. The first-order valence-corrected chi connectivity index (χ1v) is 10.6. The number of rotatable bonds is 3. The molecule has 0 N–H and O–H groups in total. The molecule has 0 bridgehead atoms. The van der Waals surface area contributed by atoms with Crippen LogP contribution in [-0.2, 0) is 0 Å². The molecule has 154 valence electrons. The molecule has 2 aromatic carbocycles. The molecule has 3 heterocycles. The highest BCUT2D eigenvalue weighted by Gasteiger charge is 2.25. The van der Waals surface area contributed by atoms with Crippen LogP contribution in [0.25, 0.3) is 22.2 Å². The van der Waals surface area contributed by atoms with Crippen molar-refractivity contribution in [1.29, 1.82) is 0 Å². The molecule has 5 rings (SSSR count). The van der Waals surface area contributed by atoms with E-state index in [1.165, 1.54) is 11.3 Å². The number of pyridine rings is 2. The van der Waals surface area contributed by atoms with Gasteiger partial charge in [0.05, 0.1) is 16.8 Å². The Balaban J connectivity index is 1.44. The first kappa shape index (κ1) is 19.2. The Morgan fingerprint density at radius 3 is 2.35 bits per heavy atom. The normalized spacial score (nSPS) is 14.1. The minimum absolute atomic E-state index is 0.0679. The third-order valence-electron chi connectivity index (χ3n) is 5.95. The third-order valence-corrected chi connectivity index (χ3v) is 5.95. The predicted molar refractivity (Wildman–Crippen MR) is 124 cm³/mol. The molecule has 0 unspecified atom stereocenters. The van der Waals surface area contributed by atoms with Crippen molar-refractivity contribution in [2.75, 3.05) is 31.1 Å². The lowest BCUT2D eigenvalue weighted by Gasteiger charge is -2.37. The van der Waals surface area contributed by atoms with E-state index in [0.29, 0.717) is 18.7 Å². The maximum Gasteiger partial charge on any atom is 0.254 e. The van der Waals surface area contributed by atoms with Crippen molar-refractivity contribution in [2.24, 2.45) is 0 Å². The molecule has 1 aliphatic heterocycles. The van der Waals surface area contributed by atoms with Crippen molar-refractivity contribution < 1.29 is 4.79 Å². The highest BCUT2D eigenvalue weighted by atomic mass is 16.2. The minimum atomic E-state index is 0.0679. The Bertz CT molecular complexity index is 1230. The molecule has 0 aliphatic carbocycles. The summed E-state index contributed by atoms with van der Waals surface area (Å²) in [5, 5.41) is 0.895. The molecule has 0 radical (unpaired) electrons. The van der Waals surface area contributed by atoms with Gasteiger partial charge in [-0.05, 0) is 42.8 Å². The maximum atomic E-state index is 13.6. The van der Waals surface area contributed by atoms with E-state index in [1.54, 1.807) is 12.4 Å². The van der Waals surface area contributed by atoms with Crippen molar-refractivity contribution in [3.8, 4) is 11.3 Å². The number of hydrogen-bond acceptors (Lipinski definition) is 4. The summed E-state index contributed by atoms with van der Waals surface area (Å²) in [4.78, 5) is 26.8. The van der Waals surface area contributed by atoms with Crippen LogP contribution < -0.4 is 4.90 Å². The highest BCUT2D eigenvalue weighted by Crippen LogP contribution is 2.27. The molecule has 1 amide bonds. The number of hydrogen-bond donors (Lipinski definition) is 0. The van der Waals surface area contributed by atoms with E-state index in [2.05, 4.69) is 41.1 Å². The molecular weight excluding hydrogens is 384 g/mol. The van der Waals surface area contributed by atoms with E-state index >= 15 is 0 Å². The summed E-state index contributed by atoms with van der Waals surface area (Å²) in [5.74, 6) is 0.0679. The number of amides is 1. The average molecular weight is 409 g/mol. The van der Waals surface area contributed by atoms with Crippen LogP contribution in [0.3, 0.4) is 0 Å². The summed E-state index contributed by atoms with van der Waals surface area (Å²) >= 11 is 0. The number of carbonyl (C=O) groups is 1. The summed E-state index contributed by atoms with van der Waals surface area (Å²) in [6.45, 7) is 5.20. The average Bonchev–Trinajstić information content (AvgIpc) is 2.84. The van der Waals surface area contributed by atoms with Crippen LogP contribution in [0.4, 0.5) is 5.69 Å². The second-order valence-corrected chi connectivity index (χ2v) is 7.87. The number of anilines is 1. The van der Waals surface area contributed by atoms with Gasteiger partial charge in [0.25, 0.3) is 5.91 Å². The standard InChI is InChI=1S/C26H24N4O/c1-19-6-2-5-9-25(19)29-14-16-30(17-15-29)26(31)22-18-24(20-10-12-27-13-11-20)28-23-8-4-3-7-21(22)23/h2-13,18H,14-17H2,1H3. The van der Waals surface area contributed by atoms with Crippen molar-refractivity contribution in [3.63, 3.8) is 0 Å². The lowest BCUT2D eigenvalue weighted by Crippen LogP contribution is -2.49. The van der Waals surface area contributed by atoms with Gasteiger partial charge in [-0.1, -0.05) is 36.4 Å². The van der Waals surface area contributed by atoms with Gasteiger partial charge in [0.2, 0.25) is 0 Å². The van der Waals surface area contributed by atoms with Gasteiger partial charge >= 0.3 is 0 Å². The first-order valence-electron chi connectivity index (χ1n) is 10.6. The van der Waals surface area contributed by atoms with Crippen LogP contribution in [0.5, 0.6) is 0 Å². The zero-order valence-corrected chi connectivity index (χ0v) is 17.5. The Hall–Kier alpha value is -3.73. The van der Waals surface area contributed by atoms with Crippen LogP contribution >= 0.6 is 0 Å². The summed E-state index contributed by atoms with van der Waals surface area (Å²) in [7, 11) is 0. The minimum Gasteiger partial charge on any atom is -0.368 e. The van der Waals surface area contributed by atoms with E-state index in [9.17, 15) is 4.79 Å². The fourth-order valence-electron chi connectivity index (χ4n) is 4.26. The van der Waals surface area contributed by atoms with Gasteiger partial charge in [0.1, 0.15) is 0 Å². The van der Waals surface area contributed by atoms with Crippen molar-refractivity contribution in [3.05, 3.63) is 90.3 Å². The molecule has 1 aliphatic rings. The second kappa shape index (κ2) is 8.19. The van der Waals surface area contributed by atoms with Gasteiger partial charge in [-0.3, -0.25) is 9.78 Å². The van der Waals surface area contributed by atoms with Gasteiger partial charge in [0, 0.05) is 55.2 Å². The number of aromatic nitrogens is 2. The zero-order chi connectivity index (χ0) is 21.2. The Morgan fingerprint density at radius 2 is 1.58 bits per heavy atom. The smallest absolute Gasteiger partial charge is 0.254 e. The fraction of sp³-hybridized carbons (Fsp3) is 0.192. The molecule has 5 nitrogen and oxygen atoms in total. The van der Waals surface area contributed by atoms with E-state index < -0.39 is 0 Å². The highest BCUT2D eigenvalue weighted by molar-refractivity contribution is 6.07. The van der Waals surface area contributed by atoms with Crippen LogP contribution in [-0.4, -0.2) is 47.0 Å². The predicted octanol–water partition coefficient (Wildman–Crippen LogP) is 4.57. The Morgan fingerprint density at radius 1 is 0.871 bits per heavy atom. The molecule has 2 aromatic heterocycles. The van der Waals surface area contributed by atoms with Crippen LogP contribution in [0.2, 0.25) is 0 Å². The quantitative estimate of drug-likeness (QED) is 0.498. The van der Waals surface area contributed by atoms with Gasteiger partial charge in [0.15, 0.2) is 0 Å².